The molecular weight excluding hydrogens is 535 g/mol. The molecule has 6 nitrogen and oxygen atoms in total. The molecule has 204 valence electrons. The Hall–Kier alpha value is -3.06. The minimum Gasteiger partial charge on any atom is -0.497 e. The standard InChI is InChI=1S/C31H32Cl2N2O4/c1-39-21-13-10-19(11-14-21)16-17-34-30(37)28-22-6-2-3-7-23(22)31(38)35(26-8-4-5-9-27(26)36)29(28)24-15-12-20(32)18-25(24)33/h2-3,6-7,10-15,18,26-29,36H,4-5,8-9,16-17H2,1H3,(H,34,37)/t26-,27-,28+,29-/m0/s1. The van der Waals surface area contributed by atoms with Crippen molar-refractivity contribution in [3.63, 3.8) is 0 Å². The van der Waals surface area contributed by atoms with E-state index in [9.17, 15) is 14.7 Å². The average molecular weight is 568 g/mol. The number of amides is 2. The van der Waals surface area contributed by atoms with Crippen LogP contribution in [-0.4, -0.2) is 47.6 Å². The van der Waals surface area contributed by atoms with Crippen molar-refractivity contribution >= 4 is 35.0 Å². The normalized spacial score (nSPS) is 22.8. The molecule has 5 rings (SSSR count). The SMILES string of the molecule is COc1ccc(CCNC(=O)[C@@H]2c3ccccc3C(=O)N([C@H]3CCCC[C@@H]3O)[C@H]2c2ccc(Cl)cc2Cl)cc1. The smallest absolute Gasteiger partial charge is 0.255 e. The molecule has 2 aliphatic rings. The monoisotopic (exact) mass is 566 g/mol. The Balaban J connectivity index is 1.53. The van der Waals surface area contributed by atoms with E-state index in [1.165, 1.54) is 0 Å². The first-order chi connectivity index (χ1) is 18.9. The number of aliphatic hydroxyl groups excluding tert-OH is 1. The van der Waals surface area contributed by atoms with Gasteiger partial charge in [-0.1, -0.05) is 72.4 Å². The summed E-state index contributed by atoms with van der Waals surface area (Å²) in [5, 5.41) is 15.0. The molecule has 1 fully saturated rings. The van der Waals surface area contributed by atoms with Crippen molar-refractivity contribution < 1.29 is 19.4 Å². The summed E-state index contributed by atoms with van der Waals surface area (Å²) < 4.78 is 5.23. The lowest BCUT2D eigenvalue weighted by Gasteiger charge is -2.48. The fourth-order valence-electron chi connectivity index (χ4n) is 5.92. The Morgan fingerprint density at radius 3 is 2.49 bits per heavy atom. The van der Waals surface area contributed by atoms with Gasteiger partial charge >= 0.3 is 0 Å². The highest BCUT2D eigenvalue weighted by Crippen LogP contribution is 2.47. The number of halogens is 2. The molecule has 0 unspecified atom stereocenters. The van der Waals surface area contributed by atoms with Crippen LogP contribution in [0.4, 0.5) is 0 Å². The Bertz CT molecular complexity index is 1350. The number of carbonyl (C=O) groups is 2. The van der Waals surface area contributed by atoms with Crippen LogP contribution in [-0.2, 0) is 11.2 Å². The molecule has 1 aliphatic heterocycles. The molecule has 0 bridgehead atoms. The number of ether oxygens (including phenoxy) is 1. The van der Waals surface area contributed by atoms with Gasteiger partial charge in [0.2, 0.25) is 5.91 Å². The number of rotatable bonds is 7. The molecular formula is C31H32Cl2N2O4. The topological polar surface area (TPSA) is 78.9 Å². The minimum absolute atomic E-state index is 0.199. The molecule has 0 saturated heterocycles. The minimum atomic E-state index is -0.720. The zero-order valence-electron chi connectivity index (χ0n) is 21.8. The van der Waals surface area contributed by atoms with Gasteiger partial charge in [0, 0.05) is 22.2 Å². The number of fused-ring (bicyclic) bond motifs is 1. The second kappa shape index (κ2) is 12.0. The highest BCUT2D eigenvalue weighted by molar-refractivity contribution is 6.35. The van der Waals surface area contributed by atoms with E-state index >= 15 is 0 Å². The van der Waals surface area contributed by atoms with Crippen LogP contribution in [0.1, 0.15) is 64.7 Å². The van der Waals surface area contributed by atoms with E-state index in [4.69, 9.17) is 27.9 Å². The van der Waals surface area contributed by atoms with E-state index in [2.05, 4.69) is 5.32 Å². The van der Waals surface area contributed by atoms with Crippen LogP contribution in [0.3, 0.4) is 0 Å². The summed E-state index contributed by atoms with van der Waals surface area (Å²) in [5.74, 6) is -0.342. The van der Waals surface area contributed by atoms with Crippen LogP contribution in [0.25, 0.3) is 0 Å². The first kappa shape index (κ1) is 27.5. The number of hydrogen-bond acceptors (Lipinski definition) is 4. The third-order valence-electron chi connectivity index (χ3n) is 7.86. The lowest BCUT2D eigenvalue weighted by atomic mass is 9.76. The van der Waals surface area contributed by atoms with Crippen LogP contribution in [0.15, 0.2) is 66.7 Å². The summed E-state index contributed by atoms with van der Waals surface area (Å²) >= 11 is 13.0. The maximum atomic E-state index is 14.0. The Kier molecular flexibility index (Phi) is 8.46. The van der Waals surface area contributed by atoms with Crippen molar-refractivity contribution in [2.24, 2.45) is 0 Å². The summed E-state index contributed by atoms with van der Waals surface area (Å²) in [7, 11) is 1.63. The molecule has 8 heteroatoms. The molecule has 1 heterocycles. The predicted octanol–water partition coefficient (Wildman–Crippen LogP) is 5.95. The van der Waals surface area contributed by atoms with Gasteiger partial charge < -0.3 is 20.1 Å². The Morgan fingerprint density at radius 2 is 1.77 bits per heavy atom. The average Bonchev–Trinajstić information content (AvgIpc) is 2.94. The molecule has 0 spiro atoms. The van der Waals surface area contributed by atoms with Crippen molar-refractivity contribution in [2.75, 3.05) is 13.7 Å². The van der Waals surface area contributed by atoms with Crippen LogP contribution in [0, 0.1) is 0 Å². The summed E-state index contributed by atoms with van der Waals surface area (Å²) in [6.45, 7) is 0.422. The third kappa shape index (κ3) is 5.65. The number of carbonyl (C=O) groups excluding carboxylic acids is 2. The molecule has 2 N–H and O–H groups in total. The zero-order valence-corrected chi connectivity index (χ0v) is 23.3. The molecule has 1 aliphatic carbocycles. The molecule has 0 radical (unpaired) electrons. The maximum Gasteiger partial charge on any atom is 0.255 e. The number of nitrogens with zero attached hydrogens (tertiary/aromatic N) is 1. The van der Waals surface area contributed by atoms with Crippen molar-refractivity contribution in [1.82, 2.24) is 10.2 Å². The lowest BCUT2D eigenvalue weighted by Crippen LogP contribution is -2.55. The number of hydrogen-bond donors (Lipinski definition) is 2. The van der Waals surface area contributed by atoms with Gasteiger partial charge in [-0.15, -0.1) is 0 Å². The summed E-state index contributed by atoms with van der Waals surface area (Å²) in [5.41, 5.74) is 2.84. The van der Waals surface area contributed by atoms with E-state index in [1.807, 2.05) is 36.4 Å². The zero-order chi connectivity index (χ0) is 27.5. The van der Waals surface area contributed by atoms with E-state index in [-0.39, 0.29) is 11.8 Å². The summed E-state index contributed by atoms with van der Waals surface area (Å²) in [6.07, 6.45) is 3.02. The fourth-order valence-corrected chi connectivity index (χ4v) is 6.44. The number of aliphatic hydroxyl groups is 1. The molecule has 4 atom stereocenters. The maximum absolute atomic E-state index is 14.0. The Morgan fingerprint density at radius 1 is 1.03 bits per heavy atom. The fraction of sp³-hybridized carbons (Fsp3) is 0.355. The molecule has 3 aromatic carbocycles. The van der Waals surface area contributed by atoms with E-state index < -0.39 is 24.1 Å². The summed E-state index contributed by atoms with van der Waals surface area (Å²) in [6, 6.07) is 19.0. The predicted molar refractivity (Wildman–Crippen MR) is 153 cm³/mol. The largest absolute Gasteiger partial charge is 0.497 e. The first-order valence-corrected chi connectivity index (χ1v) is 14.1. The first-order valence-electron chi connectivity index (χ1n) is 13.3. The summed E-state index contributed by atoms with van der Waals surface area (Å²) in [4.78, 5) is 29.8. The van der Waals surface area contributed by atoms with E-state index in [1.54, 1.807) is 42.3 Å². The highest BCUT2D eigenvalue weighted by Gasteiger charge is 2.48. The van der Waals surface area contributed by atoms with E-state index in [0.29, 0.717) is 52.5 Å². The second-order valence-electron chi connectivity index (χ2n) is 10.2. The van der Waals surface area contributed by atoms with Crippen molar-refractivity contribution in [2.45, 2.75) is 56.2 Å². The van der Waals surface area contributed by atoms with Crippen LogP contribution < -0.4 is 10.1 Å². The van der Waals surface area contributed by atoms with Gasteiger partial charge in [0.25, 0.3) is 5.91 Å². The van der Waals surface area contributed by atoms with Crippen molar-refractivity contribution in [3.05, 3.63) is 99.0 Å². The number of methoxy groups -OCH3 is 1. The van der Waals surface area contributed by atoms with Crippen molar-refractivity contribution in [3.8, 4) is 5.75 Å². The van der Waals surface area contributed by atoms with Gasteiger partial charge in [0.05, 0.1) is 31.2 Å². The van der Waals surface area contributed by atoms with Gasteiger partial charge in [0.15, 0.2) is 0 Å². The molecule has 0 aromatic heterocycles. The van der Waals surface area contributed by atoms with Crippen LogP contribution in [0.2, 0.25) is 10.0 Å². The van der Waals surface area contributed by atoms with Gasteiger partial charge in [0.1, 0.15) is 5.75 Å². The van der Waals surface area contributed by atoms with E-state index in [0.717, 1.165) is 24.2 Å². The Labute approximate surface area is 238 Å². The highest BCUT2D eigenvalue weighted by atomic mass is 35.5. The number of benzene rings is 3. The molecule has 1 saturated carbocycles. The quantitative estimate of drug-likeness (QED) is 0.370. The van der Waals surface area contributed by atoms with Crippen LogP contribution >= 0.6 is 23.2 Å². The molecule has 2 amide bonds. The van der Waals surface area contributed by atoms with Gasteiger partial charge in [-0.05, 0) is 66.3 Å². The number of nitrogens with one attached hydrogen (secondary N) is 1. The molecule has 39 heavy (non-hydrogen) atoms. The van der Waals surface area contributed by atoms with Crippen molar-refractivity contribution in [1.29, 1.82) is 0 Å². The van der Waals surface area contributed by atoms with Gasteiger partial charge in [-0.2, -0.15) is 0 Å². The van der Waals surface area contributed by atoms with Gasteiger partial charge in [-0.3, -0.25) is 9.59 Å². The second-order valence-corrected chi connectivity index (χ2v) is 11.0. The van der Waals surface area contributed by atoms with Crippen LogP contribution in [0.5, 0.6) is 5.75 Å². The lowest BCUT2D eigenvalue weighted by molar-refractivity contribution is -0.125. The van der Waals surface area contributed by atoms with Gasteiger partial charge in [-0.25, -0.2) is 0 Å². The third-order valence-corrected chi connectivity index (χ3v) is 8.43. The molecule has 3 aromatic rings.